The van der Waals surface area contributed by atoms with E-state index in [1.165, 1.54) is 19.2 Å². The molecule has 0 aliphatic carbocycles. The van der Waals surface area contributed by atoms with E-state index < -0.39 is 5.97 Å². The highest BCUT2D eigenvalue weighted by Gasteiger charge is 2.04. The number of aromatic nitrogens is 1. The highest BCUT2D eigenvalue weighted by Crippen LogP contribution is 2.09. The van der Waals surface area contributed by atoms with Gasteiger partial charge in [-0.1, -0.05) is 24.3 Å². The zero-order valence-corrected chi connectivity index (χ0v) is 12.4. The molecule has 0 atom stereocenters. The number of hydrogen-bond donors (Lipinski definition) is 2. The molecule has 0 aliphatic heterocycles. The van der Waals surface area contributed by atoms with E-state index in [1.807, 2.05) is 24.3 Å². The molecule has 2 N–H and O–H groups in total. The number of benzene rings is 1. The van der Waals surface area contributed by atoms with Crippen molar-refractivity contribution >= 4 is 11.9 Å². The average Bonchev–Trinajstić information content (AvgIpc) is 2.52. The first-order valence-electron chi connectivity index (χ1n) is 7.05. The van der Waals surface area contributed by atoms with E-state index in [9.17, 15) is 9.59 Å². The second-order valence-corrected chi connectivity index (χ2v) is 5.07. The molecule has 22 heavy (non-hydrogen) atoms. The van der Waals surface area contributed by atoms with Crippen LogP contribution in [0.4, 0.5) is 0 Å². The van der Waals surface area contributed by atoms with Crippen molar-refractivity contribution in [2.45, 2.75) is 26.3 Å². The fourth-order valence-electron chi connectivity index (χ4n) is 2.07. The van der Waals surface area contributed by atoms with Crippen LogP contribution in [0.3, 0.4) is 0 Å². The largest absolute Gasteiger partial charge is 0.478 e. The summed E-state index contributed by atoms with van der Waals surface area (Å²) in [7, 11) is 0. The third kappa shape index (κ3) is 4.70. The van der Waals surface area contributed by atoms with E-state index in [-0.39, 0.29) is 11.5 Å². The zero-order valence-electron chi connectivity index (χ0n) is 12.4. The number of aryl methyl sites for hydroxylation is 2. The SMILES string of the molecule is CC(=O)NCc1ccc(CCc2cc(C(=O)O)ccn2)cc1. The lowest BCUT2D eigenvalue weighted by atomic mass is 10.0. The van der Waals surface area contributed by atoms with Crippen LogP contribution in [-0.2, 0) is 24.2 Å². The quantitative estimate of drug-likeness (QED) is 0.857. The van der Waals surface area contributed by atoms with E-state index in [2.05, 4.69) is 10.3 Å². The number of carbonyl (C=O) groups is 2. The smallest absolute Gasteiger partial charge is 0.335 e. The number of amides is 1. The lowest BCUT2D eigenvalue weighted by molar-refractivity contribution is -0.119. The molecule has 5 nitrogen and oxygen atoms in total. The molecule has 0 saturated heterocycles. The molecule has 2 aromatic rings. The van der Waals surface area contributed by atoms with Crippen LogP contribution in [0.1, 0.15) is 34.1 Å². The van der Waals surface area contributed by atoms with Crippen molar-refractivity contribution in [1.82, 2.24) is 10.3 Å². The summed E-state index contributed by atoms with van der Waals surface area (Å²) in [6, 6.07) is 11.1. The summed E-state index contributed by atoms with van der Waals surface area (Å²) < 4.78 is 0. The number of carboxylic acid groups (broad SMARTS) is 1. The lowest BCUT2D eigenvalue weighted by Crippen LogP contribution is -2.18. The first-order chi connectivity index (χ1) is 10.5. The predicted octanol–water partition coefficient (Wildman–Crippen LogP) is 2.20. The Kier molecular flexibility index (Phi) is 5.25. The van der Waals surface area contributed by atoms with Gasteiger partial charge in [0, 0.05) is 25.4 Å². The van der Waals surface area contributed by atoms with Gasteiger partial charge in [0.05, 0.1) is 5.56 Å². The molecular weight excluding hydrogens is 280 g/mol. The maximum absolute atomic E-state index is 10.9. The van der Waals surface area contributed by atoms with E-state index in [1.54, 1.807) is 6.07 Å². The lowest BCUT2D eigenvalue weighted by Gasteiger charge is -2.05. The van der Waals surface area contributed by atoms with Crippen LogP contribution in [0.2, 0.25) is 0 Å². The average molecular weight is 298 g/mol. The number of carbonyl (C=O) groups excluding carboxylic acids is 1. The van der Waals surface area contributed by atoms with E-state index in [0.29, 0.717) is 13.0 Å². The molecule has 0 saturated carbocycles. The van der Waals surface area contributed by atoms with Crippen LogP contribution < -0.4 is 5.32 Å². The Bertz CT molecular complexity index is 666. The second-order valence-electron chi connectivity index (χ2n) is 5.07. The normalized spacial score (nSPS) is 10.2. The Labute approximate surface area is 129 Å². The maximum atomic E-state index is 10.9. The van der Waals surface area contributed by atoms with Crippen molar-refractivity contribution in [1.29, 1.82) is 0 Å². The fourth-order valence-corrected chi connectivity index (χ4v) is 2.07. The van der Waals surface area contributed by atoms with E-state index >= 15 is 0 Å². The topological polar surface area (TPSA) is 79.3 Å². The van der Waals surface area contributed by atoms with Gasteiger partial charge in [-0.15, -0.1) is 0 Å². The van der Waals surface area contributed by atoms with Crippen LogP contribution in [0.25, 0.3) is 0 Å². The predicted molar refractivity (Wildman–Crippen MR) is 82.6 cm³/mol. The Morgan fingerprint density at radius 1 is 1.09 bits per heavy atom. The van der Waals surface area contributed by atoms with E-state index in [4.69, 9.17) is 5.11 Å². The minimum Gasteiger partial charge on any atom is -0.478 e. The second kappa shape index (κ2) is 7.36. The molecule has 1 aromatic carbocycles. The van der Waals surface area contributed by atoms with Gasteiger partial charge in [-0.2, -0.15) is 0 Å². The van der Waals surface area contributed by atoms with Gasteiger partial charge >= 0.3 is 5.97 Å². The summed E-state index contributed by atoms with van der Waals surface area (Å²) in [5, 5.41) is 11.7. The molecule has 114 valence electrons. The first kappa shape index (κ1) is 15.7. The maximum Gasteiger partial charge on any atom is 0.335 e. The molecule has 0 spiro atoms. The summed E-state index contributed by atoms with van der Waals surface area (Å²) >= 11 is 0. The Morgan fingerprint density at radius 3 is 2.41 bits per heavy atom. The Balaban J connectivity index is 1.92. The van der Waals surface area contributed by atoms with Gasteiger partial charge in [0.2, 0.25) is 5.91 Å². The molecule has 1 heterocycles. The summed E-state index contributed by atoms with van der Waals surface area (Å²) in [5.74, 6) is -0.987. The van der Waals surface area contributed by atoms with Crippen LogP contribution in [0, 0.1) is 0 Å². The number of aromatic carboxylic acids is 1. The van der Waals surface area contributed by atoms with Gasteiger partial charge in [0.25, 0.3) is 0 Å². The van der Waals surface area contributed by atoms with Gasteiger partial charge in [-0.05, 0) is 36.1 Å². The van der Waals surface area contributed by atoms with Gasteiger partial charge < -0.3 is 10.4 Å². The number of rotatable bonds is 6. The van der Waals surface area contributed by atoms with Crippen molar-refractivity contribution in [2.24, 2.45) is 0 Å². The molecule has 1 aromatic heterocycles. The molecule has 0 aliphatic rings. The van der Waals surface area contributed by atoms with E-state index in [0.717, 1.165) is 23.2 Å². The standard InChI is InChI=1S/C17H18N2O3/c1-12(20)19-11-14-4-2-13(3-5-14)6-7-16-10-15(17(21)22)8-9-18-16/h2-5,8-10H,6-7,11H2,1H3,(H,19,20)(H,21,22). The first-order valence-corrected chi connectivity index (χ1v) is 7.05. The molecule has 1 amide bonds. The van der Waals surface area contributed by atoms with Crippen molar-refractivity contribution in [3.05, 3.63) is 65.0 Å². The zero-order chi connectivity index (χ0) is 15.9. The van der Waals surface area contributed by atoms with Gasteiger partial charge in [-0.3, -0.25) is 9.78 Å². The highest BCUT2D eigenvalue weighted by molar-refractivity contribution is 5.87. The Morgan fingerprint density at radius 2 is 1.77 bits per heavy atom. The summed E-state index contributed by atoms with van der Waals surface area (Å²) in [5.41, 5.74) is 3.22. The molecule has 0 unspecified atom stereocenters. The summed E-state index contributed by atoms with van der Waals surface area (Å²) in [4.78, 5) is 26.0. The van der Waals surface area contributed by atoms with Crippen molar-refractivity contribution in [3.8, 4) is 0 Å². The van der Waals surface area contributed by atoms with Gasteiger partial charge in [0.15, 0.2) is 0 Å². The van der Waals surface area contributed by atoms with Crippen LogP contribution in [-0.4, -0.2) is 22.0 Å². The number of nitrogens with zero attached hydrogens (tertiary/aromatic N) is 1. The van der Waals surface area contributed by atoms with Gasteiger partial charge in [0.1, 0.15) is 0 Å². The summed E-state index contributed by atoms with van der Waals surface area (Å²) in [6.45, 7) is 2.02. The molecule has 0 bridgehead atoms. The van der Waals surface area contributed by atoms with Crippen LogP contribution in [0.15, 0.2) is 42.6 Å². The number of hydrogen-bond acceptors (Lipinski definition) is 3. The van der Waals surface area contributed by atoms with Crippen LogP contribution >= 0.6 is 0 Å². The van der Waals surface area contributed by atoms with Crippen molar-refractivity contribution in [3.63, 3.8) is 0 Å². The number of carboxylic acids is 1. The monoisotopic (exact) mass is 298 g/mol. The van der Waals surface area contributed by atoms with Crippen molar-refractivity contribution < 1.29 is 14.7 Å². The van der Waals surface area contributed by atoms with Crippen LogP contribution in [0.5, 0.6) is 0 Å². The van der Waals surface area contributed by atoms with Gasteiger partial charge in [-0.25, -0.2) is 4.79 Å². The minimum absolute atomic E-state index is 0.0477. The third-order valence-corrected chi connectivity index (χ3v) is 3.30. The molecule has 0 radical (unpaired) electrons. The Hall–Kier alpha value is -2.69. The van der Waals surface area contributed by atoms with Crippen molar-refractivity contribution in [2.75, 3.05) is 0 Å². The fraction of sp³-hybridized carbons (Fsp3) is 0.235. The molecule has 5 heteroatoms. The minimum atomic E-state index is -0.939. The number of pyridine rings is 1. The highest BCUT2D eigenvalue weighted by atomic mass is 16.4. The summed E-state index contributed by atoms with van der Waals surface area (Å²) in [6.07, 6.45) is 3.00. The molecule has 2 rings (SSSR count). The third-order valence-electron chi connectivity index (χ3n) is 3.30. The molecule has 0 fully saturated rings. The molecular formula is C17H18N2O3. The number of nitrogens with one attached hydrogen (secondary N) is 1.